The summed E-state index contributed by atoms with van der Waals surface area (Å²) >= 11 is 0. The van der Waals surface area contributed by atoms with E-state index in [4.69, 9.17) is 14.9 Å². The van der Waals surface area contributed by atoms with E-state index < -0.39 is 5.91 Å². The number of fused-ring (bicyclic) bond motifs is 3. The lowest BCUT2D eigenvalue weighted by molar-refractivity contribution is -0.119. The van der Waals surface area contributed by atoms with Crippen LogP contribution < -0.4 is 16.1 Å². The third-order valence-electron chi connectivity index (χ3n) is 5.07. The van der Waals surface area contributed by atoms with Gasteiger partial charge in [0, 0.05) is 17.0 Å². The fourth-order valence-electron chi connectivity index (χ4n) is 3.74. The van der Waals surface area contributed by atoms with Crippen molar-refractivity contribution >= 4 is 16.9 Å². The molecule has 0 saturated carbocycles. The quantitative estimate of drug-likeness (QED) is 0.577. The molecule has 0 bridgehead atoms. The number of amides is 1. The molecule has 0 radical (unpaired) electrons. The molecular weight excluding hydrogens is 330 g/mol. The van der Waals surface area contributed by atoms with Crippen molar-refractivity contribution in [3.05, 3.63) is 39.2 Å². The molecule has 26 heavy (non-hydrogen) atoms. The van der Waals surface area contributed by atoms with Crippen LogP contribution in [0.4, 0.5) is 0 Å². The lowest BCUT2D eigenvalue weighted by Gasteiger charge is -2.18. The number of benzene rings is 1. The molecule has 1 amide bonds. The first kappa shape index (κ1) is 18.5. The van der Waals surface area contributed by atoms with Crippen molar-refractivity contribution in [2.24, 2.45) is 5.73 Å². The second-order valence-corrected chi connectivity index (χ2v) is 7.08. The number of ether oxygens (including phenoxy) is 1. The molecule has 0 spiro atoms. The summed E-state index contributed by atoms with van der Waals surface area (Å²) in [4.78, 5) is 23.4. The zero-order chi connectivity index (χ0) is 18.5. The molecule has 1 aliphatic carbocycles. The van der Waals surface area contributed by atoms with Gasteiger partial charge in [0.1, 0.15) is 11.3 Å². The standard InChI is InChI=1S/C21H27NO4/c1-2-3-4-5-8-14-11-17-15-9-6-7-10-16(15)21(24)26-19(17)12-18(14)25-13-20(22)23/h11-12H,2-10,13H2,1H3,(H2,22,23). The van der Waals surface area contributed by atoms with E-state index in [-0.39, 0.29) is 12.2 Å². The van der Waals surface area contributed by atoms with Crippen molar-refractivity contribution in [1.29, 1.82) is 0 Å². The Morgan fingerprint density at radius 3 is 2.65 bits per heavy atom. The number of nitrogens with two attached hydrogens (primary N) is 1. The van der Waals surface area contributed by atoms with E-state index in [0.717, 1.165) is 67.0 Å². The van der Waals surface area contributed by atoms with Crippen molar-refractivity contribution in [1.82, 2.24) is 0 Å². The molecule has 140 valence electrons. The molecule has 2 aromatic rings. The van der Waals surface area contributed by atoms with Gasteiger partial charge in [-0.2, -0.15) is 0 Å². The fourth-order valence-corrected chi connectivity index (χ4v) is 3.74. The van der Waals surface area contributed by atoms with Crippen molar-refractivity contribution in [3.8, 4) is 5.75 Å². The maximum atomic E-state index is 12.3. The molecule has 0 aliphatic heterocycles. The molecule has 0 atom stereocenters. The summed E-state index contributed by atoms with van der Waals surface area (Å²) in [7, 11) is 0. The minimum absolute atomic E-state index is 0.178. The topological polar surface area (TPSA) is 82.5 Å². The number of hydrogen-bond acceptors (Lipinski definition) is 4. The lowest BCUT2D eigenvalue weighted by atomic mass is 9.89. The predicted octanol–water partition coefficient (Wildman–Crippen LogP) is 3.66. The van der Waals surface area contributed by atoms with E-state index in [0.29, 0.717) is 11.3 Å². The third-order valence-corrected chi connectivity index (χ3v) is 5.07. The molecule has 3 rings (SSSR count). The van der Waals surface area contributed by atoms with Crippen LogP contribution in [-0.2, 0) is 24.1 Å². The van der Waals surface area contributed by atoms with Crippen LogP contribution >= 0.6 is 0 Å². The van der Waals surface area contributed by atoms with Crippen LogP contribution in [0, 0.1) is 0 Å². The zero-order valence-corrected chi connectivity index (χ0v) is 15.4. The van der Waals surface area contributed by atoms with Crippen LogP contribution in [0.3, 0.4) is 0 Å². The van der Waals surface area contributed by atoms with Crippen LogP contribution in [0.5, 0.6) is 5.75 Å². The van der Waals surface area contributed by atoms with Crippen LogP contribution in [0.25, 0.3) is 11.0 Å². The minimum Gasteiger partial charge on any atom is -0.483 e. The molecule has 1 aliphatic rings. The van der Waals surface area contributed by atoms with E-state index in [1.165, 1.54) is 12.8 Å². The minimum atomic E-state index is -0.520. The first-order chi connectivity index (χ1) is 12.6. The van der Waals surface area contributed by atoms with E-state index >= 15 is 0 Å². The summed E-state index contributed by atoms with van der Waals surface area (Å²) in [5.74, 6) is 0.0700. The zero-order valence-electron chi connectivity index (χ0n) is 15.4. The van der Waals surface area contributed by atoms with Crippen molar-refractivity contribution in [3.63, 3.8) is 0 Å². The Kier molecular flexibility index (Phi) is 5.96. The second kappa shape index (κ2) is 8.39. The average Bonchev–Trinajstić information content (AvgIpc) is 2.64. The molecule has 1 aromatic carbocycles. The van der Waals surface area contributed by atoms with Crippen LogP contribution in [-0.4, -0.2) is 12.5 Å². The number of hydrogen-bond donors (Lipinski definition) is 1. The fraction of sp³-hybridized carbons (Fsp3) is 0.524. The number of primary amides is 1. The number of carbonyl (C=O) groups excluding carboxylic acids is 1. The lowest BCUT2D eigenvalue weighted by Crippen LogP contribution is -2.20. The van der Waals surface area contributed by atoms with Crippen LogP contribution in [0.15, 0.2) is 21.3 Å². The van der Waals surface area contributed by atoms with Gasteiger partial charge in [-0.05, 0) is 55.7 Å². The highest BCUT2D eigenvalue weighted by Crippen LogP contribution is 2.32. The Morgan fingerprint density at radius 1 is 1.15 bits per heavy atom. The van der Waals surface area contributed by atoms with Gasteiger partial charge in [0.05, 0.1) is 0 Å². The molecule has 5 nitrogen and oxygen atoms in total. The van der Waals surface area contributed by atoms with Crippen molar-refractivity contribution in [2.75, 3.05) is 6.61 Å². The van der Waals surface area contributed by atoms with Gasteiger partial charge < -0.3 is 14.9 Å². The Balaban J connectivity index is 2.01. The van der Waals surface area contributed by atoms with Crippen molar-refractivity contribution in [2.45, 2.75) is 64.7 Å². The summed E-state index contributed by atoms with van der Waals surface area (Å²) in [6.45, 7) is 2.01. The molecule has 1 aromatic heterocycles. The summed E-state index contributed by atoms with van der Waals surface area (Å²) in [5.41, 5.74) is 8.51. The third kappa shape index (κ3) is 4.09. The highest BCUT2D eigenvalue weighted by atomic mass is 16.5. The highest BCUT2D eigenvalue weighted by molar-refractivity contribution is 5.84. The molecule has 5 heteroatoms. The van der Waals surface area contributed by atoms with Gasteiger partial charge in [0.25, 0.3) is 5.91 Å². The van der Waals surface area contributed by atoms with Crippen LogP contribution in [0.2, 0.25) is 0 Å². The SMILES string of the molecule is CCCCCCc1cc2c3c(c(=O)oc2cc1OCC(N)=O)CCCC3. The Hall–Kier alpha value is -2.30. The predicted molar refractivity (Wildman–Crippen MR) is 102 cm³/mol. The molecule has 2 N–H and O–H groups in total. The largest absolute Gasteiger partial charge is 0.483 e. The van der Waals surface area contributed by atoms with Gasteiger partial charge in [-0.3, -0.25) is 4.79 Å². The Morgan fingerprint density at radius 2 is 1.92 bits per heavy atom. The monoisotopic (exact) mass is 357 g/mol. The average molecular weight is 357 g/mol. The van der Waals surface area contributed by atoms with Crippen LogP contribution in [0.1, 0.15) is 62.1 Å². The van der Waals surface area contributed by atoms with Gasteiger partial charge in [-0.1, -0.05) is 26.2 Å². The molecule has 0 saturated heterocycles. The smallest absolute Gasteiger partial charge is 0.339 e. The molecule has 0 unspecified atom stereocenters. The maximum Gasteiger partial charge on any atom is 0.339 e. The summed E-state index contributed by atoms with van der Waals surface area (Å²) in [6, 6.07) is 3.84. The van der Waals surface area contributed by atoms with Gasteiger partial charge in [0.15, 0.2) is 6.61 Å². The van der Waals surface area contributed by atoms with E-state index in [9.17, 15) is 9.59 Å². The number of unbranched alkanes of at least 4 members (excludes halogenated alkanes) is 3. The van der Waals surface area contributed by atoms with Gasteiger partial charge in [-0.25, -0.2) is 4.79 Å². The normalized spacial score (nSPS) is 13.6. The van der Waals surface area contributed by atoms with Gasteiger partial charge in [-0.15, -0.1) is 0 Å². The second-order valence-electron chi connectivity index (χ2n) is 7.08. The number of aryl methyl sites for hydroxylation is 2. The molecular formula is C21H27NO4. The van der Waals surface area contributed by atoms with Crippen molar-refractivity contribution < 1.29 is 13.9 Å². The van der Waals surface area contributed by atoms with E-state index in [1.54, 1.807) is 6.07 Å². The van der Waals surface area contributed by atoms with Gasteiger partial charge >= 0.3 is 5.63 Å². The van der Waals surface area contributed by atoms with E-state index in [2.05, 4.69) is 13.0 Å². The Labute approximate surface area is 153 Å². The summed E-state index contributed by atoms with van der Waals surface area (Å²) in [6.07, 6.45) is 9.31. The molecule has 1 heterocycles. The van der Waals surface area contributed by atoms with Gasteiger partial charge in [0.2, 0.25) is 0 Å². The van der Waals surface area contributed by atoms with E-state index in [1.807, 2.05) is 0 Å². The number of rotatable bonds is 8. The first-order valence-electron chi connectivity index (χ1n) is 9.62. The number of carbonyl (C=O) groups is 1. The summed E-state index contributed by atoms with van der Waals surface area (Å²) in [5, 5.41) is 1.01. The highest BCUT2D eigenvalue weighted by Gasteiger charge is 2.20. The summed E-state index contributed by atoms with van der Waals surface area (Å²) < 4.78 is 11.2. The Bertz CT molecular complexity index is 853. The first-order valence-corrected chi connectivity index (χ1v) is 9.62. The molecule has 0 fully saturated rings. The maximum absolute atomic E-state index is 12.3.